The molecule has 1 aromatic carbocycles. The summed E-state index contributed by atoms with van der Waals surface area (Å²) in [4.78, 5) is 0.432. The fraction of sp³-hybridized carbons (Fsp3) is 0.600. The maximum Gasteiger partial charge on any atom is 0.289 e. The summed E-state index contributed by atoms with van der Waals surface area (Å²) in [6.07, 6.45) is 2.74. The Balaban J connectivity index is 2.01. The zero-order valence-corrected chi connectivity index (χ0v) is 13.1. The third-order valence-corrected chi connectivity index (χ3v) is 4.69. The van der Waals surface area contributed by atoms with E-state index in [4.69, 9.17) is 4.74 Å². The number of rotatable bonds is 7. The highest BCUT2D eigenvalue weighted by atomic mass is 32.2. The molecule has 0 radical (unpaired) electrons. The van der Waals surface area contributed by atoms with E-state index in [1.54, 1.807) is 12.1 Å². The Morgan fingerprint density at radius 2 is 2.14 bits per heavy atom. The number of nitrogens with one attached hydrogen (secondary N) is 1. The third-order valence-electron chi connectivity index (χ3n) is 3.93. The molecule has 1 atom stereocenters. The molecular weight excluding hydrogens is 296 g/mol. The number of thioether (sulfide) groups is 1. The predicted octanol–water partition coefficient (Wildman–Crippen LogP) is 3.58. The fourth-order valence-electron chi connectivity index (χ4n) is 2.37. The van der Waals surface area contributed by atoms with E-state index >= 15 is 0 Å². The number of hydrogen-bond acceptors (Lipinski definition) is 4. The summed E-state index contributed by atoms with van der Waals surface area (Å²) in [6.45, 7) is 2.53. The van der Waals surface area contributed by atoms with Gasteiger partial charge in [0, 0.05) is 12.6 Å². The molecule has 6 heteroatoms. The zero-order valence-electron chi connectivity index (χ0n) is 12.2. The van der Waals surface area contributed by atoms with Crippen LogP contribution in [0.5, 0.6) is 5.75 Å². The normalized spacial score (nSPS) is 18.4. The van der Waals surface area contributed by atoms with E-state index in [0.717, 1.165) is 24.8 Å². The molecule has 1 aromatic rings. The van der Waals surface area contributed by atoms with Crippen LogP contribution in [0.25, 0.3) is 0 Å². The zero-order chi connectivity index (χ0) is 15.5. The Morgan fingerprint density at radius 1 is 1.43 bits per heavy atom. The maximum absolute atomic E-state index is 12.5. The van der Waals surface area contributed by atoms with Crippen LogP contribution in [0.1, 0.15) is 37.8 Å². The topological polar surface area (TPSA) is 41.5 Å². The average Bonchev–Trinajstić information content (AvgIpc) is 2.42. The van der Waals surface area contributed by atoms with Crippen molar-refractivity contribution in [2.75, 3.05) is 13.7 Å². The molecule has 1 unspecified atom stereocenters. The van der Waals surface area contributed by atoms with Gasteiger partial charge in [-0.1, -0.05) is 17.8 Å². The Bertz CT molecular complexity index is 481. The largest absolute Gasteiger partial charge is 0.496 e. The van der Waals surface area contributed by atoms with Crippen LogP contribution in [0.15, 0.2) is 23.1 Å². The van der Waals surface area contributed by atoms with Crippen molar-refractivity contribution in [1.29, 1.82) is 0 Å². The second kappa shape index (κ2) is 6.94. The molecule has 1 fully saturated rings. The predicted molar refractivity (Wildman–Crippen MR) is 80.1 cm³/mol. The molecule has 0 spiro atoms. The average molecular weight is 317 g/mol. The van der Waals surface area contributed by atoms with Crippen molar-refractivity contribution in [2.45, 2.75) is 48.5 Å². The van der Waals surface area contributed by atoms with Crippen molar-refractivity contribution in [3.8, 4) is 5.75 Å². The maximum atomic E-state index is 12.5. The van der Waals surface area contributed by atoms with Gasteiger partial charge in [-0.25, -0.2) is 0 Å². The van der Waals surface area contributed by atoms with Crippen LogP contribution in [0.4, 0.5) is 8.78 Å². The molecule has 0 amide bonds. The number of benzene rings is 1. The number of hydrogen-bond donors (Lipinski definition) is 2. The molecule has 118 valence electrons. The van der Waals surface area contributed by atoms with Crippen molar-refractivity contribution in [3.05, 3.63) is 23.8 Å². The first-order valence-corrected chi connectivity index (χ1v) is 7.90. The second-order valence-electron chi connectivity index (χ2n) is 5.47. The van der Waals surface area contributed by atoms with Crippen LogP contribution < -0.4 is 10.1 Å². The molecule has 0 heterocycles. The Morgan fingerprint density at radius 3 is 2.67 bits per heavy atom. The van der Waals surface area contributed by atoms with Gasteiger partial charge in [0.15, 0.2) is 0 Å². The highest BCUT2D eigenvalue weighted by molar-refractivity contribution is 7.99. The molecule has 0 aromatic heterocycles. The van der Waals surface area contributed by atoms with Gasteiger partial charge < -0.3 is 15.2 Å². The number of aliphatic hydroxyl groups is 1. The first kappa shape index (κ1) is 16.5. The van der Waals surface area contributed by atoms with Gasteiger partial charge in [-0.3, -0.25) is 0 Å². The molecule has 2 rings (SSSR count). The van der Waals surface area contributed by atoms with E-state index < -0.39 is 11.4 Å². The van der Waals surface area contributed by atoms with Gasteiger partial charge in [-0.2, -0.15) is 8.78 Å². The molecule has 21 heavy (non-hydrogen) atoms. The first-order chi connectivity index (χ1) is 9.93. The van der Waals surface area contributed by atoms with E-state index in [0.29, 0.717) is 29.0 Å². The Labute approximate surface area is 128 Å². The minimum Gasteiger partial charge on any atom is -0.496 e. The summed E-state index contributed by atoms with van der Waals surface area (Å²) in [5, 5.41) is 13.4. The molecule has 1 aliphatic rings. The molecule has 2 N–H and O–H groups in total. The minimum absolute atomic E-state index is 0.0223. The van der Waals surface area contributed by atoms with Crippen LogP contribution in [0.2, 0.25) is 0 Å². The Hall–Kier alpha value is -0.850. The number of methoxy groups -OCH3 is 1. The van der Waals surface area contributed by atoms with E-state index in [-0.39, 0.29) is 6.04 Å². The van der Waals surface area contributed by atoms with Crippen LogP contribution in [0, 0.1) is 0 Å². The van der Waals surface area contributed by atoms with Crippen molar-refractivity contribution in [1.82, 2.24) is 5.32 Å². The van der Waals surface area contributed by atoms with Crippen molar-refractivity contribution in [3.63, 3.8) is 0 Å². The lowest BCUT2D eigenvalue weighted by molar-refractivity contribution is -0.0329. The summed E-state index contributed by atoms with van der Waals surface area (Å²) >= 11 is 0.482. The summed E-state index contributed by atoms with van der Waals surface area (Å²) in [5.74, 6) is -2.01. The lowest BCUT2D eigenvalue weighted by Crippen LogP contribution is -2.46. The van der Waals surface area contributed by atoms with Crippen molar-refractivity contribution >= 4 is 11.8 Å². The lowest BCUT2D eigenvalue weighted by Gasteiger charge is -2.37. The van der Waals surface area contributed by atoms with E-state index in [2.05, 4.69) is 5.32 Å². The van der Waals surface area contributed by atoms with Gasteiger partial charge in [-0.15, -0.1) is 0 Å². The fourth-order valence-corrected chi connectivity index (χ4v) is 2.97. The SMILES string of the molecule is COc1cc(C(C)NCC2(O)CCC2)ccc1SC(F)F. The van der Waals surface area contributed by atoms with Gasteiger partial charge in [-0.05, 0) is 43.9 Å². The highest BCUT2D eigenvalue weighted by Gasteiger charge is 2.34. The third kappa shape index (κ3) is 4.31. The van der Waals surface area contributed by atoms with Crippen molar-refractivity contribution < 1.29 is 18.6 Å². The van der Waals surface area contributed by atoms with Crippen molar-refractivity contribution in [2.24, 2.45) is 0 Å². The first-order valence-electron chi connectivity index (χ1n) is 7.02. The van der Waals surface area contributed by atoms with Crippen LogP contribution >= 0.6 is 11.8 Å². The summed E-state index contributed by atoms with van der Waals surface area (Å²) in [7, 11) is 1.48. The lowest BCUT2D eigenvalue weighted by atomic mass is 9.80. The van der Waals surface area contributed by atoms with Gasteiger partial charge >= 0.3 is 0 Å². The van der Waals surface area contributed by atoms with Crippen LogP contribution in [-0.2, 0) is 0 Å². The summed E-state index contributed by atoms with van der Waals surface area (Å²) < 4.78 is 30.1. The van der Waals surface area contributed by atoms with Crippen LogP contribution in [-0.4, -0.2) is 30.1 Å². The quantitative estimate of drug-likeness (QED) is 0.754. The number of alkyl halides is 2. The molecule has 0 bridgehead atoms. The van der Waals surface area contributed by atoms with Gasteiger partial charge in [0.1, 0.15) is 5.75 Å². The molecule has 1 saturated carbocycles. The molecule has 0 saturated heterocycles. The highest BCUT2D eigenvalue weighted by Crippen LogP contribution is 2.35. The molecular formula is C15H21F2NO2S. The molecule has 0 aliphatic heterocycles. The van der Waals surface area contributed by atoms with Gasteiger partial charge in [0.25, 0.3) is 5.76 Å². The number of halogens is 2. The number of ether oxygens (including phenoxy) is 1. The van der Waals surface area contributed by atoms with E-state index in [1.807, 2.05) is 13.0 Å². The smallest absolute Gasteiger partial charge is 0.289 e. The van der Waals surface area contributed by atoms with Crippen LogP contribution in [0.3, 0.4) is 0 Å². The summed E-state index contributed by atoms with van der Waals surface area (Å²) in [5.41, 5.74) is 0.373. The molecule has 1 aliphatic carbocycles. The minimum atomic E-state index is -2.46. The monoisotopic (exact) mass is 317 g/mol. The van der Waals surface area contributed by atoms with Gasteiger partial charge in [0.05, 0.1) is 17.6 Å². The van der Waals surface area contributed by atoms with E-state index in [1.165, 1.54) is 7.11 Å². The van der Waals surface area contributed by atoms with Gasteiger partial charge in [0.2, 0.25) is 0 Å². The van der Waals surface area contributed by atoms with E-state index in [9.17, 15) is 13.9 Å². The second-order valence-corrected chi connectivity index (χ2v) is 6.50. The molecule has 3 nitrogen and oxygen atoms in total. The summed E-state index contributed by atoms with van der Waals surface area (Å²) in [6, 6.07) is 5.26. The standard InChI is InChI=1S/C15H21F2NO2S/c1-10(18-9-15(19)6-3-7-15)11-4-5-13(21-14(16)17)12(8-11)20-2/h4-5,8,10,14,18-19H,3,6-7,9H2,1-2H3. The Kier molecular flexibility index (Phi) is 5.46.